The number of aromatic nitrogens is 1. The Morgan fingerprint density at radius 1 is 1.20 bits per heavy atom. The zero-order valence-corrected chi connectivity index (χ0v) is 14.5. The van der Waals surface area contributed by atoms with Crippen molar-refractivity contribution in [2.75, 3.05) is 13.2 Å². The van der Waals surface area contributed by atoms with Crippen LogP contribution in [0.15, 0.2) is 30.3 Å². The molecule has 1 aliphatic rings. The monoisotopic (exact) mass is 341 g/mol. The molecule has 132 valence electrons. The first-order valence-corrected chi connectivity index (χ1v) is 8.75. The minimum absolute atomic E-state index is 0.0478. The van der Waals surface area contributed by atoms with Crippen LogP contribution >= 0.6 is 0 Å². The van der Waals surface area contributed by atoms with Crippen molar-refractivity contribution in [3.8, 4) is 0 Å². The molecule has 0 amide bonds. The molecular weight excluding hydrogens is 318 g/mol. The fourth-order valence-corrected chi connectivity index (χ4v) is 3.28. The van der Waals surface area contributed by atoms with E-state index >= 15 is 0 Å². The van der Waals surface area contributed by atoms with Gasteiger partial charge in [-0.3, -0.25) is 4.79 Å². The zero-order chi connectivity index (χ0) is 17.8. The summed E-state index contributed by atoms with van der Waals surface area (Å²) in [5, 5.41) is 8.88. The highest BCUT2D eigenvalue weighted by Crippen LogP contribution is 2.27. The van der Waals surface area contributed by atoms with Crippen LogP contribution in [0.5, 0.6) is 0 Å². The van der Waals surface area contributed by atoms with E-state index in [0.29, 0.717) is 24.2 Å². The van der Waals surface area contributed by atoms with Crippen molar-refractivity contribution in [1.82, 2.24) is 4.57 Å². The summed E-state index contributed by atoms with van der Waals surface area (Å²) in [5.74, 6) is -0.418. The van der Waals surface area contributed by atoms with E-state index in [9.17, 15) is 9.59 Å². The summed E-state index contributed by atoms with van der Waals surface area (Å²) in [6, 6.07) is 9.93. The van der Waals surface area contributed by atoms with Crippen molar-refractivity contribution in [3.05, 3.63) is 58.4 Å². The number of ether oxygens (including phenoxy) is 1. The van der Waals surface area contributed by atoms with Crippen LogP contribution in [0.1, 0.15) is 57.4 Å². The van der Waals surface area contributed by atoms with Gasteiger partial charge in [0.15, 0.2) is 5.78 Å². The number of Topliss-reactive ketones (excluding diaryl/α,β-unsaturated/α-hetero) is 1. The molecule has 1 heterocycles. The van der Waals surface area contributed by atoms with Crippen molar-refractivity contribution in [2.24, 2.45) is 0 Å². The van der Waals surface area contributed by atoms with E-state index in [0.717, 1.165) is 30.5 Å². The van der Waals surface area contributed by atoms with Gasteiger partial charge in [-0.2, -0.15) is 0 Å². The van der Waals surface area contributed by atoms with E-state index < -0.39 is 5.97 Å². The van der Waals surface area contributed by atoms with E-state index in [1.807, 2.05) is 4.57 Å². The van der Waals surface area contributed by atoms with Crippen LogP contribution < -0.4 is 0 Å². The van der Waals surface area contributed by atoms with E-state index in [-0.39, 0.29) is 19.0 Å². The topological polar surface area (TPSA) is 68.5 Å². The molecule has 1 aliphatic carbocycles. The van der Waals surface area contributed by atoms with E-state index in [1.165, 1.54) is 5.56 Å². The number of rotatable bonds is 6. The fourth-order valence-electron chi connectivity index (χ4n) is 3.28. The minimum atomic E-state index is -0.499. The SMILES string of the molecule is CCc1ccc(Cn2c(C(=O)OCCO)cc3c2CCCC3=O)cc1. The molecule has 5 nitrogen and oxygen atoms in total. The molecule has 1 N–H and O–H groups in total. The number of hydrogen-bond acceptors (Lipinski definition) is 4. The van der Waals surface area contributed by atoms with Crippen LogP contribution in [0.25, 0.3) is 0 Å². The summed E-state index contributed by atoms with van der Waals surface area (Å²) in [6.07, 6.45) is 3.08. The molecule has 2 aromatic rings. The maximum absolute atomic E-state index is 12.4. The summed E-state index contributed by atoms with van der Waals surface area (Å²) < 4.78 is 6.98. The van der Waals surface area contributed by atoms with Crippen molar-refractivity contribution < 1.29 is 19.4 Å². The zero-order valence-electron chi connectivity index (χ0n) is 14.5. The Morgan fingerprint density at radius 3 is 2.60 bits per heavy atom. The Balaban J connectivity index is 1.96. The number of carbonyl (C=O) groups is 2. The smallest absolute Gasteiger partial charge is 0.355 e. The Labute approximate surface area is 147 Å². The Kier molecular flexibility index (Phi) is 5.34. The molecule has 0 fully saturated rings. The van der Waals surface area contributed by atoms with Gasteiger partial charge in [-0.1, -0.05) is 31.2 Å². The lowest BCUT2D eigenvalue weighted by Gasteiger charge is -2.16. The first-order chi connectivity index (χ1) is 12.1. The number of aliphatic hydroxyl groups is 1. The molecular formula is C20H23NO4. The second kappa shape index (κ2) is 7.66. The molecule has 0 spiro atoms. The number of aliphatic hydroxyl groups excluding tert-OH is 1. The normalized spacial score (nSPS) is 13.6. The Bertz CT molecular complexity index is 774. The summed E-state index contributed by atoms with van der Waals surface area (Å²) >= 11 is 0. The predicted octanol–water partition coefficient (Wildman–Crippen LogP) is 2.77. The second-order valence-electron chi connectivity index (χ2n) is 6.28. The molecule has 0 saturated heterocycles. The van der Waals surface area contributed by atoms with E-state index in [4.69, 9.17) is 9.84 Å². The Hall–Kier alpha value is -2.40. The number of benzene rings is 1. The highest BCUT2D eigenvalue weighted by atomic mass is 16.5. The van der Waals surface area contributed by atoms with Crippen LogP contribution in [0.2, 0.25) is 0 Å². The number of hydrogen-bond donors (Lipinski definition) is 1. The predicted molar refractivity (Wildman–Crippen MR) is 94.0 cm³/mol. The average molecular weight is 341 g/mol. The van der Waals surface area contributed by atoms with Gasteiger partial charge < -0.3 is 14.4 Å². The third-order valence-electron chi connectivity index (χ3n) is 4.63. The number of ketones is 1. The van der Waals surface area contributed by atoms with Gasteiger partial charge in [0.1, 0.15) is 12.3 Å². The number of carbonyl (C=O) groups excluding carboxylic acids is 2. The molecule has 0 atom stereocenters. The summed E-state index contributed by atoms with van der Waals surface area (Å²) in [7, 11) is 0. The van der Waals surface area contributed by atoms with Gasteiger partial charge >= 0.3 is 5.97 Å². The van der Waals surface area contributed by atoms with Crippen LogP contribution in [-0.4, -0.2) is 34.6 Å². The lowest BCUT2D eigenvalue weighted by Crippen LogP contribution is -2.18. The van der Waals surface area contributed by atoms with Gasteiger partial charge in [0.2, 0.25) is 0 Å². The number of nitrogens with zero attached hydrogens (tertiary/aromatic N) is 1. The van der Waals surface area contributed by atoms with Crippen LogP contribution in [0.3, 0.4) is 0 Å². The highest BCUT2D eigenvalue weighted by molar-refractivity contribution is 6.01. The Morgan fingerprint density at radius 2 is 1.92 bits per heavy atom. The molecule has 25 heavy (non-hydrogen) atoms. The van der Waals surface area contributed by atoms with Crippen LogP contribution in [0.4, 0.5) is 0 Å². The third kappa shape index (κ3) is 3.66. The molecule has 0 bridgehead atoms. The molecule has 0 unspecified atom stereocenters. The number of fused-ring (bicyclic) bond motifs is 1. The summed E-state index contributed by atoms with van der Waals surface area (Å²) in [5.41, 5.74) is 4.26. The highest BCUT2D eigenvalue weighted by Gasteiger charge is 2.27. The summed E-state index contributed by atoms with van der Waals surface area (Å²) in [4.78, 5) is 24.6. The average Bonchev–Trinajstić information content (AvgIpc) is 3.00. The molecule has 1 aromatic carbocycles. The van der Waals surface area contributed by atoms with Gasteiger partial charge in [0.25, 0.3) is 0 Å². The van der Waals surface area contributed by atoms with Crippen LogP contribution in [0, 0.1) is 0 Å². The molecule has 3 rings (SSSR count). The largest absolute Gasteiger partial charge is 0.459 e. The van der Waals surface area contributed by atoms with Gasteiger partial charge in [-0.15, -0.1) is 0 Å². The minimum Gasteiger partial charge on any atom is -0.459 e. The molecule has 0 saturated carbocycles. The third-order valence-corrected chi connectivity index (χ3v) is 4.63. The fraction of sp³-hybridized carbons (Fsp3) is 0.400. The van der Waals surface area contributed by atoms with Crippen molar-refractivity contribution >= 4 is 11.8 Å². The second-order valence-corrected chi connectivity index (χ2v) is 6.28. The first kappa shape index (κ1) is 17.4. The van der Waals surface area contributed by atoms with Crippen molar-refractivity contribution in [2.45, 2.75) is 39.2 Å². The maximum atomic E-state index is 12.4. The number of aryl methyl sites for hydroxylation is 1. The summed E-state index contributed by atoms with van der Waals surface area (Å²) in [6.45, 7) is 2.37. The van der Waals surface area contributed by atoms with Gasteiger partial charge in [-0.05, 0) is 36.5 Å². The van der Waals surface area contributed by atoms with Gasteiger partial charge in [0.05, 0.1) is 6.61 Å². The lowest BCUT2D eigenvalue weighted by atomic mass is 9.96. The number of esters is 1. The quantitative estimate of drug-likeness (QED) is 0.821. The van der Waals surface area contributed by atoms with Crippen LogP contribution in [-0.2, 0) is 24.1 Å². The standard InChI is InChI=1S/C20H23NO4/c1-2-14-6-8-15(9-7-14)13-21-17-4-3-5-19(23)16(17)12-18(21)20(24)25-11-10-22/h6-9,12,22H,2-5,10-11,13H2,1H3. The molecule has 0 aliphatic heterocycles. The maximum Gasteiger partial charge on any atom is 0.355 e. The van der Waals surface area contributed by atoms with E-state index in [1.54, 1.807) is 6.07 Å². The molecule has 5 heteroatoms. The lowest BCUT2D eigenvalue weighted by molar-refractivity contribution is 0.0421. The molecule has 0 radical (unpaired) electrons. The van der Waals surface area contributed by atoms with E-state index in [2.05, 4.69) is 31.2 Å². The van der Waals surface area contributed by atoms with Gasteiger partial charge in [0, 0.05) is 24.2 Å². The molecule has 1 aromatic heterocycles. The van der Waals surface area contributed by atoms with Crippen molar-refractivity contribution in [3.63, 3.8) is 0 Å². The first-order valence-electron chi connectivity index (χ1n) is 8.75. The van der Waals surface area contributed by atoms with Crippen molar-refractivity contribution in [1.29, 1.82) is 0 Å². The van der Waals surface area contributed by atoms with Gasteiger partial charge in [-0.25, -0.2) is 4.79 Å².